The van der Waals surface area contributed by atoms with E-state index in [2.05, 4.69) is 32.9 Å². The highest BCUT2D eigenvalue weighted by molar-refractivity contribution is 5.85. The van der Waals surface area contributed by atoms with Crippen molar-refractivity contribution in [1.29, 1.82) is 0 Å². The van der Waals surface area contributed by atoms with Crippen LogP contribution in [0.1, 0.15) is 45.7 Å². The van der Waals surface area contributed by atoms with Crippen molar-refractivity contribution in [3.63, 3.8) is 0 Å². The number of rotatable bonds is 2. The maximum atomic E-state index is 11.3. The molecule has 0 unspecified atom stereocenters. The fourth-order valence-corrected chi connectivity index (χ4v) is 1.53. The van der Waals surface area contributed by atoms with E-state index in [1.807, 2.05) is 26.0 Å². The Kier molecular flexibility index (Phi) is 3.13. The lowest BCUT2D eigenvalue weighted by Crippen LogP contribution is -2.35. The molecule has 16 heavy (non-hydrogen) atoms. The van der Waals surface area contributed by atoms with Crippen LogP contribution in [0.4, 0.5) is 0 Å². The first kappa shape index (κ1) is 12.8. The van der Waals surface area contributed by atoms with Gasteiger partial charge in [-0.25, -0.2) is 0 Å². The highest BCUT2D eigenvalue weighted by Crippen LogP contribution is 2.27. The molecule has 0 radical (unpaired) electrons. The average molecular weight is 219 g/mol. The van der Waals surface area contributed by atoms with E-state index in [9.17, 15) is 4.79 Å². The molecule has 0 aliphatic rings. The molecule has 2 nitrogen and oxygen atoms in total. The predicted molar refractivity (Wildman–Crippen MR) is 67.4 cm³/mol. The van der Waals surface area contributed by atoms with Crippen molar-refractivity contribution in [2.24, 2.45) is 5.73 Å². The molecule has 1 amide bonds. The number of nitrogens with two attached hydrogens (primary N) is 1. The van der Waals surface area contributed by atoms with Crippen molar-refractivity contribution in [3.05, 3.63) is 35.4 Å². The van der Waals surface area contributed by atoms with Crippen molar-refractivity contribution in [2.45, 2.75) is 45.4 Å². The molecule has 0 aliphatic carbocycles. The Bertz CT molecular complexity index is 382. The zero-order chi connectivity index (χ0) is 12.6. The first-order chi connectivity index (χ1) is 7.15. The Labute approximate surface area is 97.9 Å². The van der Waals surface area contributed by atoms with Gasteiger partial charge in [0.2, 0.25) is 5.91 Å². The number of amides is 1. The third-order valence-electron chi connectivity index (χ3n) is 3.09. The van der Waals surface area contributed by atoms with Crippen LogP contribution in [-0.2, 0) is 15.6 Å². The van der Waals surface area contributed by atoms with E-state index in [0.717, 1.165) is 5.56 Å². The van der Waals surface area contributed by atoms with Crippen LogP contribution in [-0.4, -0.2) is 5.91 Å². The Morgan fingerprint density at radius 1 is 0.938 bits per heavy atom. The van der Waals surface area contributed by atoms with E-state index in [0.29, 0.717) is 0 Å². The van der Waals surface area contributed by atoms with Gasteiger partial charge in [0, 0.05) is 0 Å². The first-order valence-electron chi connectivity index (χ1n) is 5.56. The number of carbonyl (C=O) groups is 1. The van der Waals surface area contributed by atoms with Gasteiger partial charge in [-0.05, 0) is 30.4 Å². The van der Waals surface area contributed by atoms with Gasteiger partial charge in [-0.3, -0.25) is 4.79 Å². The van der Waals surface area contributed by atoms with Crippen LogP contribution >= 0.6 is 0 Å². The monoisotopic (exact) mass is 219 g/mol. The molecule has 0 saturated carbocycles. The predicted octanol–water partition coefficient (Wildman–Crippen LogP) is 2.75. The Balaban J connectivity index is 3.09. The van der Waals surface area contributed by atoms with Gasteiger partial charge in [0.1, 0.15) is 0 Å². The quantitative estimate of drug-likeness (QED) is 0.816. The van der Waals surface area contributed by atoms with Gasteiger partial charge in [0.05, 0.1) is 5.41 Å². The molecule has 0 atom stereocenters. The summed E-state index contributed by atoms with van der Waals surface area (Å²) >= 11 is 0. The van der Waals surface area contributed by atoms with E-state index in [-0.39, 0.29) is 11.3 Å². The summed E-state index contributed by atoms with van der Waals surface area (Å²) in [6.45, 7) is 10.2. The summed E-state index contributed by atoms with van der Waals surface area (Å²) in [4.78, 5) is 11.3. The van der Waals surface area contributed by atoms with Crippen LogP contribution in [0.3, 0.4) is 0 Å². The van der Waals surface area contributed by atoms with E-state index >= 15 is 0 Å². The zero-order valence-electron chi connectivity index (χ0n) is 10.8. The molecule has 2 N–H and O–H groups in total. The SMILES string of the molecule is CC(C)(C)c1ccc(C(C)(C)C(N)=O)cc1. The molecular weight excluding hydrogens is 198 g/mol. The number of carbonyl (C=O) groups excluding carboxylic acids is 1. The van der Waals surface area contributed by atoms with Gasteiger partial charge in [0.25, 0.3) is 0 Å². The fourth-order valence-electron chi connectivity index (χ4n) is 1.53. The second-order valence-electron chi connectivity index (χ2n) is 5.82. The summed E-state index contributed by atoms with van der Waals surface area (Å²) in [6.07, 6.45) is 0. The third kappa shape index (κ3) is 2.43. The minimum atomic E-state index is -0.601. The van der Waals surface area contributed by atoms with Gasteiger partial charge in [-0.1, -0.05) is 45.0 Å². The summed E-state index contributed by atoms with van der Waals surface area (Å²) in [5, 5.41) is 0. The second kappa shape index (κ2) is 3.93. The molecule has 0 fully saturated rings. The lowest BCUT2D eigenvalue weighted by Gasteiger charge is -2.24. The van der Waals surface area contributed by atoms with Gasteiger partial charge < -0.3 is 5.73 Å². The third-order valence-corrected chi connectivity index (χ3v) is 3.09. The Morgan fingerprint density at radius 2 is 1.31 bits per heavy atom. The van der Waals surface area contributed by atoms with Gasteiger partial charge in [0.15, 0.2) is 0 Å². The number of benzene rings is 1. The standard InChI is InChI=1S/C14H21NO/c1-13(2,3)10-6-8-11(9-7-10)14(4,5)12(15)16/h6-9H,1-5H3,(H2,15,16). The van der Waals surface area contributed by atoms with Crippen LogP contribution in [0.25, 0.3) is 0 Å². The van der Waals surface area contributed by atoms with E-state index in [4.69, 9.17) is 5.73 Å². The maximum absolute atomic E-state index is 11.3. The van der Waals surface area contributed by atoms with Crippen molar-refractivity contribution in [3.8, 4) is 0 Å². The molecule has 1 rings (SSSR count). The molecule has 88 valence electrons. The first-order valence-corrected chi connectivity index (χ1v) is 5.56. The minimum absolute atomic E-state index is 0.134. The van der Waals surface area contributed by atoms with Crippen LogP contribution in [0.2, 0.25) is 0 Å². The van der Waals surface area contributed by atoms with Gasteiger partial charge in [-0.15, -0.1) is 0 Å². The lowest BCUT2D eigenvalue weighted by atomic mass is 9.81. The van der Waals surface area contributed by atoms with Crippen LogP contribution in [0.5, 0.6) is 0 Å². The normalized spacial score (nSPS) is 12.6. The summed E-state index contributed by atoms with van der Waals surface area (Å²) in [5.41, 5.74) is 7.15. The van der Waals surface area contributed by atoms with Crippen molar-refractivity contribution >= 4 is 5.91 Å². The van der Waals surface area contributed by atoms with Crippen LogP contribution in [0.15, 0.2) is 24.3 Å². The number of hydrogen-bond acceptors (Lipinski definition) is 1. The lowest BCUT2D eigenvalue weighted by molar-refractivity contribution is -0.122. The summed E-state index contributed by atoms with van der Waals surface area (Å²) in [5.74, 6) is -0.295. The number of hydrogen-bond donors (Lipinski definition) is 1. The zero-order valence-corrected chi connectivity index (χ0v) is 10.8. The highest BCUT2D eigenvalue weighted by Gasteiger charge is 2.27. The maximum Gasteiger partial charge on any atom is 0.227 e. The van der Waals surface area contributed by atoms with Crippen molar-refractivity contribution in [2.75, 3.05) is 0 Å². The topological polar surface area (TPSA) is 43.1 Å². The molecule has 0 aliphatic heterocycles. The molecule has 0 saturated heterocycles. The molecule has 0 aromatic heterocycles. The second-order valence-corrected chi connectivity index (χ2v) is 5.82. The summed E-state index contributed by atoms with van der Waals surface area (Å²) in [7, 11) is 0. The largest absolute Gasteiger partial charge is 0.369 e. The van der Waals surface area contributed by atoms with Crippen molar-refractivity contribution < 1.29 is 4.79 Å². The fraction of sp³-hybridized carbons (Fsp3) is 0.500. The van der Waals surface area contributed by atoms with E-state index < -0.39 is 5.41 Å². The van der Waals surface area contributed by atoms with Crippen LogP contribution < -0.4 is 5.73 Å². The van der Waals surface area contributed by atoms with E-state index in [1.54, 1.807) is 0 Å². The van der Waals surface area contributed by atoms with Crippen LogP contribution in [0, 0.1) is 0 Å². The molecule has 2 heteroatoms. The smallest absolute Gasteiger partial charge is 0.227 e. The Hall–Kier alpha value is -1.31. The molecular formula is C14H21NO. The summed E-state index contributed by atoms with van der Waals surface area (Å²) in [6, 6.07) is 8.12. The number of primary amides is 1. The molecule has 0 spiro atoms. The highest BCUT2D eigenvalue weighted by atomic mass is 16.1. The Morgan fingerprint density at radius 3 is 1.62 bits per heavy atom. The van der Waals surface area contributed by atoms with Gasteiger partial charge >= 0.3 is 0 Å². The molecule has 1 aromatic carbocycles. The van der Waals surface area contributed by atoms with Gasteiger partial charge in [-0.2, -0.15) is 0 Å². The van der Waals surface area contributed by atoms with E-state index in [1.165, 1.54) is 5.56 Å². The summed E-state index contributed by atoms with van der Waals surface area (Å²) < 4.78 is 0. The molecule has 0 heterocycles. The average Bonchev–Trinajstić information content (AvgIpc) is 2.16. The minimum Gasteiger partial charge on any atom is -0.369 e. The molecule has 1 aromatic rings. The molecule has 0 bridgehead atoms. The van der Waals surface area contributed by atoms with Crippen molar-refractivity contribution in [1.82, 2.24) is 0 Å².